The van der Waals surface area contributed by atoms with Crippen molar-refractivity contribution in [2.45, 2.75) is 30.0 Å². The van der Waals surface area contributed by atoms with Gasteiger partial charge >= 0.3 is 0 Å². The highest BCUT2D eigenvalue weighted by molar-refractivity contribution is 9.10. The molecular formula is C6H9Br. The Morgan fingerprint density at radius 1 is 1.29 bits per heavy atom. The molecule has 0 nitrogen and oxygen atoms in total. The maximum Gasteiger partial charge on any atom is 0.0286 e. The van der Waals surface area contributed by atoms with Crippen LogP contribution in [-0.2, 0) is 0 Å². The molecule has 2 fully saturated rings. The highest BCUT2D eigenvalue weighted by Crippen LogP contribution is 2.59. The van der Waals surface area contributed by atoms with Crippen LogP contribution in [0.4, 0.5) is 0 Å². The van der Waals surface area contributed by atoms with Gasteiger partial charge < -0.3 is 0 Å². The first kappa shape index (κ1) is 4.37. The minimum Gasteiger partial charge on any atom is -0.0850 e. The summed E-state index contributed by atoms with van der Waals surface area (Å²) >= 11 is 3.72. The molecule has 2 aliphatic carbocycles. The van der Waals surface area contributed by atoms with E-state index in [-0.39, 0.29) is 0 Å². The maximum atomic E-state index is 3.72. The lowest BCUT2D eigenvalue weighted by molar-refractivity contribution is 0.0999. The first-order chi connectivity index (χ1) is 3.31. The average Bonchev–Trinajstić information content (AvgIpc) is 1.67. The number of hydrogen-bond acceptors (Lipinski definition) is 0. The zero-order valence-electron chi connectivity index (χ0n) is 4.28. The Morgan fingerprint density at radius 3 is 1.71 bits per heavy atom. The van der Waals surface area contributed by atoms with Crippen LogP contribution < -0.4 is 0 Å². The van der Waals surface area contributed by atoms with Crippen molar-refractivity contribution in [2.24, 2.45) is 5.92 Å². The molecule has 40 valence electrons. The van der Waals surface area contributed by atoms with Gasteiger partial charge in [0, 0.05) is 4.32 Å². The van der Waals surface area contributed by atoms with Crippen molar-refractivity contribution in [1.82, 2.24) is 0 Å². The topological polar surface area (TPSA) is 0 Å². The number of fused-ring (bicyclic) bond motifs is 1. The lowest BCUT2D eigenvalue weighted by atomic mass is 9.59. The fraction of sp³-hybridized carbons (Fsp3) is 1.00. The standard InChI is InChI=1S/C6H9Br/c7-6-3-1-5(6)2-4-6/h5H,1-4H2. The van der Waals surface area contributed by atoms with Gasteiger partial charge in [0.2, 0.25) is 0 Å². The van der Waals surface area contributed by atoms with Crippen molar-refractivity contribution in [2.75, 3.05) is 0 Å². The molecule has 2 aliphatic rings. The van der Waals surface area contributed by atoms with E-state index in [1.807, 2.05) is 0 Å². The van der Waals surface area contributed by atoms with Crippen LogP contribution in [-0.4, -0.2) is 4.32 Å². The second kappa shape index (κ2) is 1.07. The van der Waals surface area contributed by atoms with Gasteiger partial charge in [0.1, 0.15) is 0 Å². The summed E-state index contributed by atoms with van der Waals surface area (Å²) in [7, 11) is 0. The van der Waals surface area contributed by atoms with E-state index in [4.69, 9.17) is 0 Å². The van der Waals surface area contributed by atoms with Crippen LogP contribution in [0, 0.1) is 5.92 Å². The Kier molecular flexibility index (Phi) is 0.668. The predicted molar refractivity (Wildman–Crippen MR) is 33.6 cm³/mol. The molecule has 0 saturated heterocycles. The van der Waals surface area contributed by atoms with Crippen LogP contribution in [0.1, 0.15) is 25.7 Å². The number of alkyl halides is 1. The monoisotopic (exact) mass is 160 g/mol. The molecule has 2 rings (SSSR count). The molecule has 0 aromatic heterocycles. The minimum atomic E-state index is 0.674. The molecule has 2 saturated carbocycles. The Labute approximate surface area is 52.4 Å². The summed E-state index contributed by atoms with van der Waals surface area (Å²) in [5, 5.41) is 0. The van der Waals surface area contributed by atoms with Crippen LogP contribution in [0.5, 0.6) is 0 Å². The van der Waals surface area contributed by atoms with Crippen molar-refractivity contribution in [1.29, 1.82) is 0 Å². The van der Waals surface area contributed by atoms with Gasteiger partial charge in [-0.3, -0.25) is 0 Å². The van der Waals surface area contributed by atoms with E-state index in [1.165, 1.54) is 25.7 Å². The summed E-state index contributed by atoms with van der Waals surface area (Å²) in [4.78, 5) is 0. The van der Waals surface area contributed by atoms with Crippen LogP contribution >= 0.6 is 15.9 Å². The maximum absolute atomic E-state index is 3.72. The van der Waals surface area contributed by atoms with Gasteiger partial charge in [0.15, 0.2) is 0 Å². The van der Waals surface area contributed by atoms with Crippen molar-refractivity contribution >= 4 is 15.9 Å². The molecule has 0 bridgehead atoms. The fourth-order valence-corrected chi connectivity index (χ4v) is 2.51. The normalized spacial score (nSPS) is 57.0. The highest BCUT2D eigenvalue weighted by Gasteiger charge is 2.51. The summed E-state index contributed by atoms with van der Waals surface area (Å²) < 4.78 is 0.674. The zero-order chi connectivity index (χ0) is 4.91. The summed E-state index contributed by atoms with van der Waals surface area (Å²) in [6.45, 7) is 0. The van der Waals surface area contributed by atoms with Crippen molar-refractivity contribution in [3.8, 4) is 0 Å². The second-order valence-electron chi connectivity index (χ2n) is 2.81. The minimum absolute atomic E-state index is 0.674. The quantitative estimate of drug-likeness (QED) is 0.478. The van der Waals surface area contributed by atoms with Crippen LogP contribution in [0.25, 0.3) is 0 Å². The molecule has 0 aliphatic heterocycles. The lowest BCUT2D eigenvalue weighted by Crippen LogP contribution is -2.49. The average molecular weight is 161 g/mol. The Balaban J connectivity index is 2.12. The summed E-state index contributed by atoms with van der Waals surface area (Å²) in [6, 6.07) is 0. The molecule has 0 amide bonds. The molecule has 0 aromatic carbocycles. The number of hydrogen-bond donors (Lipinski definition) is 0. The van der Waals surface area contributed by atoms with Gasteiger partial charge in [-0.05, 0) is 31.6 Å². The largest absolute Gasteiger partial charge is 0.0850 e. The molecule has 0 radical (unpaired) electrons. The molecule has 1 heteroatoms. The van der Waals surface area contributed by atoms with Crippen molar-refractivity contribution < 1.29 is 0 Å². The first-order valence-corrected chi connectivity index (χ1v) is 3.79. The molecule has 0 unspecified atom stereocenters. The zero-order valence-corrected chi connectivity index (χ0v) is 5.87. The molecule has 0 N–H and O–H groups in total. The van der Waals surface area contributed by atoms with E-state index in [0.717, 1.165) is 5.92 Å². The molecule has 0 atom stereocenters. The molecular weight excluding hydrogens is 152 g/mol. The van der Waals surface area contributed by atoms with E-state index in [2.05, 4.69) is 15.9 Å². The second-order valence-corrected chi connectivity index (χ2v) is 4.39. The molecule has 7 heavy (non-hydrogen) atoms. The van der Waals surface area contributed by atoms with Gasteiger partial charge in [0.05, 0.1) is 0 Å². The van der Waals surface area contributed by atoms with Gasteiger partial charge in [-0.25, -0.2) is 0 Å². The third-order valence-corrected chi connectivity index (χ3v) is 3.99. The summed E-state index contributed by atoms with van der Waals surface area (Å²) in [6.07, 6.45) is 5.87. The van der Waals surface area contributed by atoms with E-state index in [1.54, 1.807) is 0 Å². The Morgan fingerprint density at radius 2 is 1.71 bits per heavy atom. The van der Waals surface area contributed by atoms with E-state index >= 15 is 0 Å². The smallest absolute Gasteiger partial charge is 0.0286 e. The Hall–Kier alpha value is 0.480. The Bertz CT molecular complexity index is 90.4. The number of rotatable bonds is 0. The van der Waals surface area contributed by atoms with Crippen molar-refractivity contribution in [3.63, 3.8) is 0 Å². The third-order valence-electron chi connectivity index (χ3n) is 2.55. The molecule has 0 spiro atoms. The molecule has 0 aromatic rings. The van der Waals surface area contributed by atoms with Crippen LogP contribution in [0.3, 0.4) is 0 Å². The van der Waals surface area contributed by atoms with Gasteiger partial charge in [-0.1, -0.05) is 15.9 Å². The highest BCUT2D eigenvalue weighted by atomic mass is 79.9. The van der Waals surface area contributed by atoms with Gasteiger partial charge in [-0.15, -0.1) is 0 Å². The van der Waals surface area contributed by atoms with Crippen molar-refractivity contribution in [3.05, 3.63) is 0 Å². The molecule has 0 heterocycles. The number of halogens is 1. The fourth-order valence-electron chi connectivity index (χ4n) is 1.59. The van der Waals surface area contributed by atoms with Crippen LogP contribution in [0.2, 0.25) is 0 Å². The first-order valence-electron chi connectivity index (χ1n) is 3.00. The van der Waals surface area contributed by atoms with Crippen LogP contribution in [0.15, 0.2) is 0 Å². The predicted octanol–water partition coefficient (Wildman–Crippen LogP) is 2.32. The third kappa shape index (κ3) is 0.381. The van der Waals surface area contributed by atoms with E-state index in [0.29, 0.717) is 4.32 Å². The SMILES string of the molecule is BrC12CCC1CC2. The van der Waals surface area contributed by atoms with E-state index in [9.17, 15) is 0 Å². The van der Waals surface area contributed by atoms with E-state index < -0.39 is 0 Å². The summed E-state index contributed by atoms with van der Waals surface area (Å²) in [5.74, 6) is 1.08. The lowest BCUT2D eigenvalue weighted by Gasteiger charge is -2.54. The van der Waals surface area contributed by atoms with Gasteiger partial charge in [0.25, 0.3) is 0 Å². The summed E-state index contributed by atoms with van der Waals surface area (Å²) in [5.41, 5.74) is 0. The van der Waals surface area contributed by atoms with Gasteiger partial charge in [-0.2, -0.15) is 0 Å².